The van der Waals surface area contributed by atoms with E-state index in [1.807, 2.05) is 0 Å². The van der Waals surface area contributed by atoms with Crippen molar-refractivity contribution in [2.45, 2.75) is 242 Å². The number of carbonyl (C=O) groups is 1. The Morgan fingerprint density at radius 2 is 0.983 bits per heavy atom. The van der Waals surface area contributed by atoms with Gasteiger partial charge in [0.25, 0.3) is 0 Å². The number of ether oxygens (including phenoxy) is 6. The quantitative estimate of drug-likeness (QED) is 0.0220. The zero-order chi connectivity index (χ0) is 43.8. The molecule has 354 valence electrons. The molecule has 0 aromatic rings. The molecule has 7 N–H and O–H groups in total. The van der Waals surface area contributed by atoms with Crippen molar-refractivity contribution in [3.63, 3.8) is 0 Å². The predicted octanol–water partition coefficient (Wildman–Crippen LogP) is 5.90. The fourth-order valence-electron chi connectivity index (χ4n) is 7.57. The van der Waals surface area contributed by atoms with E-state index in [1.54, 1.807) is 0 Å². The molecule has 14 nitrogen and oxygen atoms in total. The van der Waals surface area contributed by atoms with Crippen LogP contribution in [0.2, 0.25) is 0 Å². The molecule has 2 saturated heterocycles. The van der Waals surface area contributed by atoms with Gasteiger partial charge in [-0.25, -0.2) is 0 Å². The van der Waals surface area contributed by atoms with Crippen LogP contribution in [0.25, 0.3) is 0 Å². The van der Waals surface area contributed by atoms with Gasteiger partial charge in [0, 0.05) is 13.0 Å². The number of carbonyl (C=O) groups excluding carboxylic acids is 1. The third kappa shape index (κ3) is 23.4. The first-order valence-corrected chi connectivity index (χ1v) is 23.8. The molecule has 2 rings (SSSR count). The lowest BCUT2D eigenvalue weighted by molar-refractivity contribution is -0.332. The van der Waals surface area contributed by atoms with E-state index in [2.05, 4.69) is 26.0 Å². The number of aliphatic hydroxyl groups is 7. The number of unbranched alkanes of at least 4 members (excludes halogenated alkanes) is 21. The predicted molar refractivity (Wildman–Crippen MR) is 229 cm³/mol. The Morgan fingerprint density at radius 1 is 0.533 bits per heavy atom. The van der Waals surface area contributed by atoms with Crippen LogP contribution in [0.1, 0.15) is 174 Å². The van der Waals surface area contributed by atoms with Crippen LogP contribution in [-0.2, 0) is 33.2 Å². The summed E-state index contributed by atoms with van der Waals surface area (Å²) in [5.74, 6) is -0.384. The fraction of sp³-hybridized carbons (Fsp3) is 0.935. The number of aliphatic hydroxyl groups excluding tert-OH is 7. The highest BCUT2D eigenvalue weighted by Crippen LogP contribution is 2.26. The summed E-state index contributed by atoms with van der Waals surface area (Å²) in [5, 5.41) is 71.9. The third-order valence-electron chi connectivity index (χ3n) is 11.5. The molecule has 0 aliphatic carbocycles. The van der Waals surface area contributed by atoms with Gasteiger partial charge in [0.2, 0.25) is 0 Å². The molecule has 0 radical (unpaired) electrons. The minimum atomic E-state index is -1.70. The highest BCUT2D eigenvalue weighted by molar-refractivity contribution is 5.69. The minimum Gasteiger partial charge on any atom is -0.457 e. The Kier molecular flexibility index (Phi) is 32.1. The van der Waals surface area contributed by atoms with E-state index >= 15 is 0 Å². The molecule has 0 spiro atoms. The Hall–Kier alpha value is -1.27. The van der Waals surface area contributed by atoms with Crippen LogP contribution in [0.15, 0.2) is 12.2 Å². The van der Waals surface area contributed by atoms with Crippen LogP contribution in [0, 0.1) is 0 Å². The second kappa shape index (κ2) is 35.1. The second-order valence-corrected chi connectivity index (χ2v) is 16.9. The van der Waals surface area contributed by atoms with Gasteiger partial charge in [-0.05, 0) is 38.5 Å². The molecule has 2 aliphatic heterocycles. The van der Waals surface area contributed by atoms with E-state index < -0.39 is 80.7 Å². The van der Waals surface area contributed by atoms with Gasteiger partial charge in [-0.3, -0.25) is 4.79 Å². The molecule has 14 heteroatoms. The SMILES string of the molecule is CCCCC/C=C\CCCCCCCC(=O)OC(COCCCCCCCCCCCCCCCC)COC1OC(COC2OC(CO)C(O)C(O)C2O)C(O)C(O)C1O. The fourth-order valence-corrected chi connectivity index (χ4v) is 7.57. The van der Waals surface area contributed by atoms with Crippen LogP contribution in [0.3, 0.4) is 0 Å². The van der Waals surface area contributed by atoms with Gasteiger partial charge in [-0.15, -0.1) is 0 Å². The molecule has 2 aliphatic rings. The zero-order valence-electron chi connectivity index (χ0n) is 37.2. The van der Waals surface area contributed by atoms with Crippen molar-refractivity contribution in [3.05, 3.63) is 12.2 Å². The van der Waals surface area contributed by atoms with Crippen molar-refractivity contribution in [3.8, 4) is 0 Å². The Bertz CT molecular complexity index is 1050. The molecule has 2 fully saturated rings. The van der Waals surface area contributed by atoms with Crippen molar-refractivity contribution >= 4 is 5.97 Å². The molecule has 60 heavy (non-hydrogen) atoms. The monoisotopic (exact) mass is 863 g/mol. The van der Waals surface area contributed by atoms with Crippen molar-refractivity contribution < 1.29 is 69.0 Å². The minimum absolute atomic E-state index is 0.0633. The first-order chi connectivity index (χ1) is 29.1. The molecule has 11 unspecified atom stereocenters. The van der Waals surface area contributed by atoms with E-state index in [0.29, 0.717) is 13.0 Å². The van der Waals surface area contributed by atoms with Crippen LogP contribution in [0.4, 0.5) is 0 Å². The summed E-state index contributed by atoms with van der Waals surface area (Å²) in [6, 6.07) is 0. The molecule has 11 atom stereocenters. The van der Waals surface area contributed by atoms with Crippen LogP contribution in [0.5, 0.6) is 0 Å². The summed E-state index contributed by atoms with van der Waals surface area (Å²) in [6.07, 6.45) is 17.1. The maximum Gasteiger partial charge on any atom is 0.306 e. The maximum atomic E-state index is 12.9. The van der Waals surface area contributed by atoms with E-state index in [9.17, 15) is 40.5 Å². The number of rotatable bonds is 37. The maximum absolute atomic E-state index is 12.9. The summed E-state index contributed by atoms with van der Waals surface area (Å²) in [4.78, 5) is 12.9. The smallest absolute Gasteiger partial charge is 0.306 e. The zero-order valence-corrected chi connectivity index (χ0v) is 37.2. The topological polar surface area (TPSA) is 214 Å². The van der Waals surface area contributed by atoms with E-state index in [1.165, 1.54) is 89.9 Å². The van der Waals surface area contributed by atoms with Gasteiger partial charge in [0.05, 0.1) is 26.4 Å². The highest BCUT2D eigenvalue weighted by Gasteiger charge is 2.47. The Balaban J connectivity index is 1.80. The summed E-state index contributed by atoms with van der Waals surface area (Å²) >= 11 is 0. The first-order valence-electron chi connectivity index (χ1n) is 23.8. The van der Waals surface area contributed by atoms with Gasteiger partial charge < -0.3 is 64.2 Å². The lowest BCUT2D eigenvalue weighted by atomic mass is 9.98. The normalized spacial score (nSPS) is 27.8. The summed E-state index contributed by atoms with van der Waals surface area (Å²) in [5.41, 5.74) is 0. The van der Waals surface area contributed by atoms with Crippen LogP contribution >= 0.6 is 0 Å². The molecule has 0 aromatic heterocycles. The Labute approximate surface area is 361 Å². The van der Waals surface area contributed by atoms with Crippen LogP contribution in [-0.4, -0.2) is 142 Å². The average molecular weight is 863 g/mol. The van der Waals surface area contributed by atoms with Crippen LogP contribution < -0.4 is 0 Å². The number of esters is 1. The number of hydrogen-bond donors (Lipinski definition) is 7. The largest absolute Gasteiger partial charge is 0.457 e. The third-order valence-corrected chi connectivity index (χ3v) is 11.5. The van der Waals surface area contributed by atoms with E-state index in [4.69, 9.17) is 28.4 Å². The number of hydrogen-bond acceptors (Lipinski definition) is 14. The van der Waals surface area contributed by atoms with Crippen molar-refractivity contribution in [2.24, 2.45) is 0 Å². The van der Waals surface area contributed by atoms with Gasteiger partial charge in [0.15, 0.2) is 12.6 Å². The van der Waals surface area contributed by atoms with Crippen molar-refractivity contribution in [1.29, 1.82) is 0 Å². The number of allylic oxidation sites excluding steroid dienone is 2. The van der Waals surface area contributed by atoms with Crippen molar-refractivity contribution in [2.75, 3.05) is 33.0 Å². The van der Waals surface area contributed by atoms with Gasteiger partial charge in [-0.2, -0.15) is 0 Å². The summed E-state index contributed by atoms with van der Waals surface area (Å²) in [7, 11) is 0. The van der Waals surface area contributed by atoms with Crippen molar-refractivity contribution in [1.82, 2.24) is 0 Å². The van der Waals surface area contributed by atoms with E-state index in [-0.39, 0.29) is 25.6 Å². The first kappa shape index (κ1) is 54.9. The van der Waals surface area contributed by atoms with Gasteiger partial charge in [0.1, 0.15) is 54.9 Å². The molecule has 0 aromatic carbocycles. The molecule has 0 bridgehead atoms. The Morgan fingerprint density at radius 3 is 1.55 bits per heavy atom. The lowest BCUT2D eigenvalue weighted by Crippen LogP contribution is -2.61. The second-order valence-electron chi connectivity index (χ2n) is 16.9. The van der Waals surface area contributed by atoms with E-state index in [0.717, 1.165) is 57.8 Å². The molecule has 2 heterocycles. The molecule has 0 saturated carbocycles. The average Bonchev–Trinajstić information content (AvgIpc) is 3.24. The standard InChI is InChI=1S/C46H86O14/c1-3-5-7-9-11-13-15-17-18-20-22-24-26-28-30-55-32-35(58-38(48)29-27-25-23-21-19-16-14-12-10-8-6-4-2)33-56-45-44(54)42(52)40(50)37(60-45)34-57-46-43(53)41(51)39(49)36(31-47)59-46/h12,14,35-37,39-47,49-54H,3-11,13,15-34H2,1-2H3/b14-12-. The molecular formula is C46H86O14. The summed E-state index contributed by atoms with van der Waals surface area (Å²) in [6.45, 7) is 3.66. The summed E-state index contributed by atoms with van der Waals surface area (Å²) < 4.78 is 34.2. The molecule has 0 amide bonds. The van der Waals surface area contributed by atoms with Gasteiger partial charge >= 0.3 is 5.97 Å². The van der Waals surface area contributed by atoms with Gasteiger partial charge in [-0.1, -0.05) is 142 Å². The lowest BCUT2D eigenvalue weighted by Gasteiger charge is -2.42. The highest BCUT2D eigenvalue weighted by atomic mass is 16.7. The molecular weight excluding hydrogens is 776 g/mol.